The fourth-order valence-electron chi connectivity index (χ4n) is 10.2. The Balaban J connectivity index is 0.000000309. The van der Waals surface area contributed by atoms with Gasteiger partial charge in [-0.3, -0.25) is 67.1 Å². The first-order valence-corrected chi connectivity index (χ1v) is 40.1. The molecule has 8 amide bonds. The van der Waals surface area contributed by atoms with Crippen LogP contribution in [-0.4, -0.2) is 190 Å². The minimum Gasteiger partial charge on any atom is -0.458 e. The molecule has 9 N–H and O–H groups in total. The number of nitrogens with one attached hydrogen (secondary N) is 8. The molecule has 6 rings (SSSR count). The van der Waals surface area contributed by atoms with Crippen molar-refractivity contribution in [3.63, 3.8) is 0 Å². The van der Waals surface area contributed by atoms with Crippen LogP contribution in [0.4, 0.5) is 0 Å². The standard InChI is InChI=1S/C23H36N2O6S2.C22H31N3O6S2.C20H29N3O6S2/c1-13(2)17-10-15(26)9-16-7-5-6-8-32-33-12-18(24-22(17)29)23(30)25-21(14(3)4)19(27)11-20(28)31-16;1-4-17-21(29)23-11-19(27)31-15-7-5-6-8-32-33-12-18(22(30)24-17)25-20(28)16(13(2)3)10-14(26)9-15;1-12(2)15-8-13(24)7-14-5-3-4-6-30-31-11-16(23-19(15)27)20(28)22-9-17(25)21-10-18(26)29-14/h5,7,13-14,16-19,21,27H,6,8-12H2,1-4H3,(H,24,29)(H,25,30);4-5,7,13,15-16,18H,6,8-12H2,1-3H3,(H,23,29)(H,24,30)(H,25,28);3,5,12,14-16H,4,6-11H2,1-2H3,(H,21,25)(H,22,28)(H,23,27)/b7-5+;7-5+,17-4-;5-3+/t16-,17-,18-,19+,21-;15-,16-,18-;14-,15-,16-/m111/s1. The number of fused-ring (bicyclic) bond motifs is 21. The largest absolute Gasteiger partial charge is 0.458 e. The maximum atomic E-state index is 13.2. The van der Waals surface area contributed by atoms with E-state index in [2.05, 4.69) is 42.5 Å². The van der Waals surface area contributed by atoms with Crippen LogP contribution in [0.2, 0.25) is 0 Å². The normalized spacial score (nSPS) is 30.0. The van der Waals surface area contributed by atoms with Gasteiger partial charge < -0.3 is 61.9 Å². The second kappa shape index (κ2) is 44.4. The molecule has 0 radical (unpaired) electrons. The van der Waals surface area contributed by atoms with Crippen molar-refractivity contribution in [1.29, 1.82) is 0 Å². The Morgan fingerprint density at radius 1 is 0.423 bits per heavy atom. The highest BCUT2D eigenvalue weighted by atomic mass is 33.1. The lowest BCUT2D eigenvalue weighted by atomic mass is 9.88. The summed E-state index contributed by atoms with van der Waals surface area (Å²) in [7, 11) is 9.04. The zero-order chi connectivity index (χ0) is 71.7. The number of amides is 8. The number of aliphatic hydroxyl groups excluding tert-OH is 1. The van der Waals surface area contributed by atoms with Crippen LogP contribution in [-0.2, 0) is 81.3 Å². The van der Waals surface area contributed by atoms with E-state index in [0.717, 1.165) is 17.3 Å². The van der Waals surface area contributed by atoms with Gasteiger partial charge in [-0.2, -0.15) is 0 Å². The molecule has 3 fully saturated rings. The molecule has 0 spiro atoms. The number of ketones is 3. The van der Waals surface area contributed by atoms with Gasteiger partial charge in [0.1, 0.15) is 72.6 Å². The summed E-state index contributed by atoms with van der Waals surface area (Å²) in [5, 5.41) is 31.7. The van der Waals surface area contributed by atoms with Crippen molar-refractivity contribution in [2.45, 2.75) is 175 Å². The lowest BCUT2D eigenvalue weighted by molar-refractivity contribution is -0.151. The highest BCUT2D eigenvalue weighted by molar-refractivity contribution is 8.77. The van der Waals surface area contributed by atoms with Gasteiger partial charge in [0.25, 0.3) is 5.91 Å². The van der Waals surface area contributed by atoms with E-state index >= 15 is 0 Å². The number of Topliss-reactive ketones (excluding diaryl/α,β-unsaturated/α-hetero) is 3. The van der Waals surface area contributed by atoms with E-state index in [9.17, 15) is 72.2 Å². The van der Waals surface area contributed by atoms with Crippen molar-refractivity contribution < 1.29 is 86.4 Å². The summed E-state index contributed by atoms with van der Waals surface area (Å²) in [4.78, 5) is 178. The van der Waals surface area contributed by atoms with Gasteiger partial charge in [-0.05, 0) is 68.1 Å². The predicted molar refractivity (Wildman–Crippen MR) is 377 cm³/mol. The predicted octanol–water partition coefficient (Wildman–Crippen LogP) is 4.34. The van der Waals surface area contributed by atoms with E-state index in [4.69, 9.17) is 14.2 Å². The van der Waals surface area contributed by atoms with Crippen molar-refractivity contribution in [1.82, 2.24) is 42.5 Å². The van der Waals surface area contributed by atoms with E-state index in [-0.39, 0.29) is 122 Å². The van der Waals surface area contributed by atoms with Gasteiger partial charge in [-0.15, -0.1) is 0 Å². The Morgan fingerprint density at radius 2 is 0.804 bits per heavy atom. The van der Waals surface area contributed by atoms with E-state index in [0.29, 0.717) is 30.8 Å². The first-order chi connectivity index (χ1) is 46.0. The number of allylic oxidation sites excluding steroid dienone is 4. The maximum Gasteiger partial charge on any atom is 0.326 e. The van der Waals surface area contributed by atoms with Crippen molar-refractivity contribution in [3.8, 4) is 0 Å². The van der Waals surface area contributed by atoms with Crippen LogP contribution < -0.4 is 42.5 Å². The van der Waals surface area contributed by atoms with Crippen molar-refractivity contribution in [2.75, 3.05) is 54.2 Å². The molecule has 3 saturated heterocycles. The molecule has 26 nitrogen and oxygen atoms in total. The van der Waals surface area contributed by atoms with Crippen LogP contribution in [0.5, 0.6) is 0 Å². The number of carbonyl (C=O) groups is 14. The summed E-state index contributed by atoms with van der Waals surface area (Å²) >= 11 is 0. The van der Waals surface area contributed by atoms with Gasteiger partial charge in [0.15, 0.2) is 0 Å². The molecule has 0 aromatic carbocycles. The monoisotopic (exact) mass is 1470 g/mol. The average Bonchev–Trinajstić information content (AvgIpc) is 1.81. The summed E-state index contributed by atoms with van der Waals surface area (Å²) in [6, 6.07) is -3.28. The number of aliphatic hydroxyl groups is 1. The van der Waals surface area contributed by atoms with E-state index in [1.165, 1.54) is 49.3 Å². The Morgan fingerprint density at radius 3 is 1.20 bits per heavy atom. The third kappa shape index (κ3) is 31.5. The molecule has 6 heterocycles. The van der Waals surface area contributed by atoms with Crippen LogP contribution in [0, 0.1) is 41.4 Å². The fraction of sp³-hybridized carbons (Fsp3) is 0.662. The summed E-state index contributed by atoms with van der Waals surface area (Å²) in [5.74, 6) is -5.72. The molecule has 0 aliphatic carbocycles. The first kappa shape index (κ1) is 83.6. The number of rotatable bonds is 4. The maximum absolute atomic E-state index is 13.2. The molecule has 6 aliphatic rings. The number of carbonyl (C=O) groups excluding carboxylic acids is 14. The summed E-state index contributed by atoms with van der Waals surface area (Å²) in [6.07, 6.45) is 10.1. The lowest BCUT2D eigenvalue weighted by Gasteiger charge is -2.30. The van der Waals surface area contributed by atoms with Gasteiger partial charge in [0, 0.05) is 90.8 Å². The molecule has 540 valence electrons. The molecule has 6 aliphatic heterocycles. The molecule has 11 atom stereocenters. The smallest absolute Gasteiger partial charge is 0.326 e. The summed E-state index contributed by atoms with van der Waals surface area (Å²) in [5.41, 5.74) is -0.0341. The third-order valence-electron chi connectivity index (χ3n) is 15.8. The Hall–Kier alpha value is -5.80. The molecule has 6 bridgehead atoms. The number of hydrogen-bond donors (Lipinski definition) is 9. The minimum atomic E-state index is -1.17. The number of esters is 3. The van der Waals surface area contributed by atoms with Crippen LogP contribution in [0.1, 0.15) is 127 Å². The zero-order valence-corrected chi connectivity index (χ0v) is 61.4. The van der Waals surface area contributed by atoms with Crippen LogP contribution in [0.3, 0.4) is 0 Å². The Bertz CT molecular complexity index is 2890. The van der Waals surface area contributed by atoms with Gasteiger partial charge in [-0.1, -0.05) is 144 Å². The molecular weight excluding hydrogens is 1370 g/mol. The lowest BCUT2D eigenvalue weighted by Crippen LogP contribution is -2.56. The zero-order valence-electron chi connectivity index (χ0n) is 56.5. The highest BCUT2D eigenvalue weighted by Crippen LogP contribution is 2.29. The summed E-state index contributed by atoms with van der Waals surface area (Å²) < 4.78 is 16.3. The first-order valence-electron chi connectivity index (χ1n) is 32.6. The second-order valence-electron chi connectivity index (χ2n) is 25.0. The van der Waals surface area contributed by atoms with Crippen LogP contribution >= 0.6 is 64.8 Å². The van der Waals surface area contributed by atoms with Crippen LogP contribution in [0.15, 0.2) is 48.2 Å². The molecule has 32 heteroatoms. The average molecular weight is 1470 g/mol. The minimum absolute atomic E-state index is 0.00112. The molecular formula is C65H96N8O18S6. The molecule has 0 aromatic rings. The van der Waals surface area contributed by atoms with Crippen molar-refractivity contribution >= 4 is 147 Å². The SMILES string of the molecule is C/C=C1\NC(=O)[C@H]2CSSCC/C=C/[C@H](CC(=O)C[C@H](C(C)C)C(=O)N2)OC(=O)CNC1=O.CC(C)[C@H]1CC(=O)C[C@H]2/C=C/CCSSC[C@@H](NC1=O)C(=O)NCC(=O)NCC(=O)O2.CC(C)[C@H]1NC(=O)[C@H]2CSSCC/C=C/[C@H](CC(=O)C[C@H](C(C)C)C(=O)N2)OC(=O)C[C@@H]1O. The number of ether oxygens (including phenoxy) is 3. The highest BCUT2D eigenvalue weighted by Gasteiger charge is 2.37. The topological polar surface area (TPSA) is 383 Å². The molecule has 0 aromatic heterocycles. The quantitative estimate of drug-likeness (QED) is 0.0621. The van der Waals surface area contributed by atoms with Crippen molar-refractivity contribution in [3.05, 3.63) is 48.2 Å². The summed E-state index contributed by atoms with van der Waals surface area (Å²) in [6.45, 7) is 15.2. The van der Waals surface area contributed by atoms with E-state index < -0.39 is 126 Å². The van der Waals surface area contributed by atoms with E-state index in [1.54, 1.807) is 46.7 Å². The van der Waals surface area contributed by atoms with E-state index in [1.807, 2.05) is 73.6 Å². The van der Waals surface area contributed by atoms with Gasteiger partial charge in [0.2, 0.25) is 41.4 Å². The molecule has 0 saturated carbocycles. The van der Waals surface area contributed by atoms with Gasteiger partial charge >= 0.3 is 17.9 Å². The Labute approximate surface area is 591 Å². The fourth-order valence-corrected chi connectivity index (χ4v) is 16.6. The molecule has 0 unspecified atom stereocenters. The third-order valence-corrected chi connectivity index (χ3v) is 23.1. The Kier molecular flexibility index (Phi) is 38.2. The second-order valence-corrected chi connectivity index (χ2v) is 32.9. The van der Waals surface area contributed by atoms with Crippen LogP contribution in [0.25, 0.3) is 0 Å². The van der Waals surface area contributed by atoms with Gasteiger partial charge in [-0.25, -0.2) is 0 Å². The van der Waals surface area contributed by atoms with Gasteiger partial charge in [0.05, 0.1) is 25.1 Å². The number of hydrogen-bond acceptors (Lipinski definition) is 24. The molecule has 97 heavy (non-hydrogen) atoms. The van der Waals surface area contributed by atoms with Crippen molar-refractivity contribution in [2.24, 2.45) is 41.4 Å².